The maximum absolute atomic E-state index is 10.6. The minimum atomic E-state index is -0.936. The largest absolute Gasteiger partial charge is 0.478 e. The predicted molar refractivity (Wildman–Crippen MR) is 58.7 cm³/mol. The van der Waals surface area contributed by atoms with Gasteiger partial charge in [0.2, 0.25) is 0 Å². The highest BCUT2D eigenvalue weighted by Crippen LogP contribution is 2.15. The van der Waals surface area contributed by atoms with Crippen LogP contribution in [0, 0.1) is 0 Å². The average Bonchev–Trinajstić information content (AvgIpc) is 2.31. The van der Waals surface area contributed by atoms with Gasteiger partial charge in [0.1, 0.15) is 6.33 Å². The van der Waals surface area contributed by atoms with Crippen molar-refractivity contribution in [1.29, 1.82) is 0 Å². The average molecular weight is 215 g/mol. The van der Waals surface area contributed by atoms with E-state index in [1.165, 1.54) is 18.5 Å². The zero-order valence-corrected chi connectivity index (χ0v) is 8.29. The van der Waals surface area contributed by atoms with Gasteiger partial charge in [0.15, 0.2) is 0 Å². The van der Waals surface area contributed by atoms with Gasteiger partial charge >= 0.3 is 5.97 Å². The van der Waals surface area contributed by atoms with Crippen LogP contribution in [0.2, 0.25) is 0 Å². The van der Waals surface area contributed by atoms with Gasteiger partial charge in [-0.1, -0.05) is 0 Å². The standard InChI is InChI=1S/C11H9N3O2/c15-11(16)8-1-3-9(4-2-8)14-10-5-12-7-13-6-10/h1-7,14H,(H,15,16). The van der Waals surface area contributed by atoms with Crippen molar-refractivity contribution in [3.05, 3.63) is 48.5 Å². The van der Waals surface area contributed by atoms with E-state index in [0.29, 0.717) is 0 Å². The van der Waals surface area contributed by atoms with Crippen LogP contribution >= 0.6 is 0 Å². The highest BCUT2D eigenvalue weighted by atomic mass is 16.4. The fourth-order valence-corrected chi connectivity index (χ4v) is 1.23. The number of aromatic carboxylic acids is 1. The zero-order chi connectivity index (χ0) is 11.4. The molecule has 0 aliphatic heterocycles. The van der Waals surface area contributed by atoms with Crippen LogP contribution in [0.25, 0.3) is 0 Å². The summed E-state index contributed by atoms with van der Waals surface area (Å²) in [6, 6.07) is 6.45. The van der Waals surface area contributed by atoms with Crippen LogP contribution in [0.1, 0.15) is 10.4 Å². The van der Waals surface area contributed by atoms with Crippen molar-refractivity contribution >= 4 is 17.3 Å². The number of rotatable bonds is 3. The molecule has 0 bridgehead atoms. The van der Waals surface area contributed by atoms with E-state index in [1.54, 1.807) is 24.5 Å². The van der Waals surface area contributed by atoms with E-state index in [-0.39, 0.29) is 5.56 Å². The summed E-state index contributed by atoms with van der Waals surface area (Å²) in [5.41, 5.74) is 1.81. The van der Waals surface area contributed by atoms with Crippen molar-refractivity contribution < 1.29 is 9.90 Å². The van der Waals surface area contributed by atoms with Gasteiger partial charge in [0, 0.05) is 5.69 Å². The van der Waals surface area contributed by atoms with Gasteiger partial charge < -0.3 is 10.4 Å². The third kappa shape index (κ3) is 2.33. The summed E-state index contributed by atoms with van der Waals surface area (Å²) in [7, 11) is 0. The van der Waals surface area contributed by atoms with Gasteiger partial charge in [-0.3, -0.25) is 0 Å². The Morgan fingerprint density at radius 2 is 1.69 bits per heavy atom. The summed E-state index contributed by atoms with van der Waals surface area (Å²) < 4.78 is 0. The Hall–Kier alpha value is -2.43. The summed E-state index contributed by atoms with van der Waals surface area (Å²) >= 11 is 0. The molecular formula is C11H9N3O2. The molecule has 2 N–H and O–H groups in total. The SMILES string of the molecule is O=C(O)c1ccc(Nc2cncnc2)cc1. The lowest BCUT2D eigenvalue weighted by molar-refractivity contribution is 0.0697. The van der Waals surface area contributed by atoms with E-state index in [9.17, 15) is 4.79 Å². The summed E-state index contributed by atoms with van der Waals surface area (Å²) in [6.45, 7) is 0. The number of carbonyl (C=O) groups is 1. The second kappa shape index (κ2) is 4.39. The molecule has 0 atom stereocenters. The maximum atomic E-state index is 10.6. The number of carboxylic acid groups (broad SMARTS) is 1. The quantitative estimate of drug-likeness (QED) is 0.818. The van der Waals surface area contributed by atoms with Crippen LogP contribution < -0.4 is 5.32 Å². The van der Waals surface area contributed by atoms with Gasteiger partial charge in [-0.05, 0) is 24.3 Å². The van der Waals surface area contributed by atoms with Crippen LogP contribution in [0.4, 0.5) is 11.4 Å². The molecule has 1 aromatic heterocycles. The van der Waals surface area contributed by atoms with Crippen LogP contribution in [0.3, 0.4) is 0 Å². The number of anilines is 2. The topological polar surface area (TPSA) is 75.1 Å². The Bertz CT molecular complexity index is 482. The zero-order valence-electron chi connectivity index (χ0n) is 8.29. The minimum absolute atomic E-state index is 0.259. The summed E-state index contributed by atoms with van der Waals surface area (Å²) in [5, 5.41) is 11.8. The van der Waals surface area contributed by atoms with Crippen molar-refractivity contribution in [1.82, 2.24) is 9.97 Å². The molecule has 2 aromatic rings. The fourth-order valence-electron chi connectivity index (χ4n) is 1.23. The molecule has 0 aliphatic rings. The number of nitrogens with one attached hydrogen (secondary N) is 1. The Labute approximate surface area is 91.8 Å². The first-order valence-electron chi connectivity index (χ1n) is 4.61. The lowest BCUT2D eigenvalue weighted by Crippen LogP contribution is -1.96. The first-order valence-corrected chi connectivity index (χ1v) is 4.61. The molecule has 5 heteroatoms. The molecule has 0 aliphatic carbocycles. The first kappa shape index (κ1) is 10.1. The second-order valence-corrected chi connectivity index (χ2v) is 3.13. The molecule has 0 saturated heterocycles. The smallest absolute Gasteiger partial charge is 0.335 e. The first-order chi connectivity index (χ1) is 7.75. The van der Waals surface area contributed by atoms with Crippen LogP contribution in [-0.4, -0.2) is 21.0 Å². The Kier molecular flexibility index (Phi) is 2.77. The summed E-state index contributed by atoms with van der Waals surface area (Å²) in [5.74, 6) is -0.936. The molecule has 2 rings (SSSR count). The van der Waals surface area contributed by atoms with E-state index < -0.39 is 5.97 Å². The number of carboxylic acids is 1. The van der Waals surface area contributed by atoms with E-state index in [1.807, 2.05) is 0 Å². The summed E-state index contributed by atoms with van der Waals surface area (Å²) in [4.78, 5) is 18.3. The van der Waals surface area contributed by atoms with Crippen LogP contribution in [-0.2, 0) is 0 Å². The lowest BCUT2D eigenvalue weighted by Gasteiger charge is -2.04. The fraction of sp³-hybridized carbons (Fsp3) is 0. The van der Waals surface area contributed by atoms with Crippen molar-refractivity contribution in [3.63, 3.8) is 0 Å². The normalized spacial score (nSPS) is 9.75. The molecule has 1 aromatic carbocycles. The molecule has 1 heterocycles. The molecule has 0 spiro atoms. The third-order valence-electron chi connectivity index (χ3n) is 1.98. The third-order valence-corrected chi connectivity index (χ3v) is 1.98. The van der Waals surface area contributed by atoms with Crippen molar-refractivity contribution in [2.24, 2.45) is 0 Å². The van der Waals surface area contributed by atoms with E-state index in [2.05, 4.69) is 15.3 Å². The number of benzene rings is 1. The van der Waals surface area contributed by atoms with Gasteiger partial charge in [-0.15, -0.1) is 0 Å². The monoisotopic (exact) mass is 215 g/mol. The number of hydrogen-bond acceptors (Lipinski definition) is 4. The minimum Gasteiger partial charge on any atom is -0.478 e. The molecule has 0 fully saturated rings. The lowest BCUT2D eigenvalue weighted by atomic mass is 10.2. The Morgan fingerprint density at radius 1 is 1.06 bits per heavy atom. The van der Waals surface area contributed by atoms with Gasteiger partial charge in [-0.25, -0.2) is 14.8 Å². The number of aromatic nitrogens is 2. The van der Waals surface area contributed by atoms with Gasteiger partial charge in [0.05, 0.1) is 23.6 Å². The van der Waals surface area contributed by atoms with Crippen molar-refractivity contribution in [2.45, 2.75) is 0 Å². The molecular weight excluding hydrogens is 206 g/mol. The highest BCUT2D eigenvalue weighted by Gasteiger charge is 2.01. The molecule has 0 amide bonds. The molecule has 5 nitrogen and oxygen atoms in total. The van der Waals surface area contributed by atoms with Crippen molar-refractivity contribution in [3.8, 4) is 0 Å². The Morgan fingerprint density at radius 3 is 2.25 bits per heavy atom. The number of hydrogen-bond donors (Lipinski definition) is 2. The molecule has 0 radical (unpaired) electrons. The Balaban J connectivity index is 2.14. The summed E-state index contributed by atoms with van der Waals surface area (Å²) in [6.07, 6.45) is 4.72. The molecule has 0 saturated carbocycles. The van der Waals surface area contributed by atoms with Crippen molar-refractivity contribution in [2.75, 3.05) is 5.32 Å². The van der Waals surface area contributed by atoms with Gasteiger partial charge in [-0.2, -0.15) is 0 Å². The van der Waals surface area contributed by atoms with Crippen LogP contribution in [0.15, 0.2) is 43.0 Å². The molecule has 0 unspecified atom stereocenters. The second-order valence-electron chi connectivity index (χ2n) is 3.13. The van der Waals surface area contributed by atoms with E-state index in [4.69, 9.17) is 5.11 Å². The molecule has 80 valence electrons. The maximum Gasteiger partial charge on any atom is 0.335 e. The predicted octanol–water partition coefficient (Wildman–Crippen LogP) is 1.92. The number of nitrogens with zero attached hydrogens (tertiary/aromatic N) is 2. The molecule has 16 heavy (non-hydrogen) atoms. The highest BCUT2D eigenvalue weighted by molar-refractivity contribution is 5.88. The van der Waals surface area contributed by atoms with E-state index >= 15 is 0 Å². The van der Waals surface area contributed by atoms with Crippen LogP contribution in [0.5, 0.6) is 0 Å². The van der Waals surface area contributed by atoms with E-state index in [0.717, 1.165) is 11.4 Å². The van der Waals surface area contributed by atoms with Gasteiger partial charge in [0.25, 0.3) is 0 Å².